The van der Waals surface area contributed by atoms with Crippen LogP contribution in [0, 0.1) is 0 Å². The molecule has 0 aromatic heterocycles. The molecule has 0 saturated heterocycles. The maximum absolute atomic E-state index is 9.00. The van der Waals surface area contributed by atoms with Crippen LogP contribution in [0.3, 0.4) is 0 Å². The molecule has 1 N–H and O–H groups in total. The van der Waals surface area contributed by atoms with Gasteiger partial charge in [-0.1, -0.05) is 91.0 Å². The van der Waals surface area contributed by atoms with Gasteiger partial charge in [-0.2, -0.15) is 0 Å². The molecule has 0 heterocycles. The maximum Gasteiger partial charge on any atom is 0.300 e. The third-order valence-electron chi connectivity index (χ3n) is 3.04. The predicted octanol–water partition coefficient (Wildman–Crippen LogP) is 3.53. The average Bonchev–Trinajstić information content (AvgIpc) is 2.58. The van der Waals surface area contributed by atoms with E-state index in [4.69, 9.17) is 9.90 Å². The van der Waals surface area contributed by atoms with Crippen molar-refractivity contribution in [3.63, 3.8) is 0 Å². The van der Waals surface area contributed by atoms with Crippen LogP contribution in [-0.2, 0) is 25.9 Å². The first kappa shape index (κ1) is 20.3. The van der Waals surface area contributed by atoms with Gasteiger partial charge in [0.15, 0.2) is 0 Å². The Bertz CT molecular complexity index is 620. The van der Waals surface area contributed by atoms with Gasteiger partial charge in [0.2, 0.25) is 0 Å². The molecule has 0 bridgehead atoms. The van der Waals surface area contributed by atoms with Crippen molar-refractivity contribution >= 4 is 29.8 Å². The number of carboxylic acids is 1. The van der Waals surface area contributed by atoms with Gasteiger partial charge in [0, 0.05) is 28.0 Å². The number of rotatable bonds is 3. The van der Waals surface area contributed by atoms with Crippen LogP contribution in [0.5, 0.6) is 0 Å². The smallest absolute Gasteiger partial charge is 0.300 e. The Labute approximate surface area is 158 Å². The molecule has 0 aliphatic rings. The molecule has 0 aliphatic heterocycles. The zero-order valence-corrected chi connectivity index (χ0v) is 16.4. The van der Waals surface area contributed by atoms with Crippen molar-refractivity contribution in [2.45, 2.75) is 6.92 Å². The molecule has 24 heavy (non-hydrogen) atoms. The molecule has 0 saturated carbocycles. The Morgan fingerprint density at radius 3 is 1.08 bits per heavy atom. The third-order valence-corrected chi connectivity index (χ3v) is 5.49. The van der Waals surface area contributed by atoms with E-state index in [0.29, 0.717) is 0 Å². The Morgan fingerprint density at radius 1 is 0.667 bits per heavy atom. The average molecular weight is 517 g/mol. The minimum atomic E-state index is -0.833. The van der Waals surface area contributed by atoms with Gasteiger partial charge >= 0.3 is 0 Å². The summed E-state index contributed by atoms with van der Waals surface area (Å²) >= 11 is 0. The minimum absolute atomic E-state index is 0. The van der Waals surface area contributed by atoms with Crippen LogP contribution in [0.4, 0.5) is 0 Å². The summed E-state index contributed by atoms with van der Waals surface area (Å²) in [6, 6.07) is 32.3. The predicted molar refractivity (Wildman–Crippen MR) is 98.5 cm³/mol. The standard InChI is InChI=1S/C18H15P.C2H4O2.Pt/c1-4-10-16(11-5-1)19(17-12-6-2-7-13-17)18-14-8-3-9-15-18;1-2(3)4;/h1-15H;1H3,(H,3,4);. The molecule has 0 amide bonds. The van der Waals surface area contributed by atoms with E-state index >= 15 is 0 Å². The molecule has 3 rings (SSSR count). The molecule has 2 nitrogen and oxygen atoms in total. The molecule has 4 heteroatoms. The van der Waals surface area contributed by atoms with Crippen molar-refractivity contribution in [1.29, 1.82) is 0 Å². The van der Waals surface area contributed by atoms with E-state index in [-0.39, 0.29) is 21.1 Å². The Morgan fingerprint density at radius 2 is 0.875 bits per heavy atom. The molecule has 3 aromatic carbocycles. The summed E-state index contributed by atoms with van der Waals surface area (Å²) in [6.07, 6.45) is 0. The number of hydrogen-bond donors (Lipinski definition) is 1. The van der Waals surface area contributed by atoms with Gasteiger partial charge in [-0.25, -0.2) is 0 Å². The molecule has 0 aliphatic carbocycles. The summed E-state index contributed by atoms with van der Waals surface area (Å²) < 4.78 is 0. The van der Waals surface area contributed by atoms with Gasteiger partial charge < -0.3 is 5.11 Å². The molecular formula is C20H19O2PPt. The quantitative estimate of drug-likeness (QED) is 0.540. The largest absolute Gasteiger partial charge is 0.481 e. The van der Waals surface area contributed by atoms with Crippen molar-refractivity contribution in [2.75, 3.05) is 0 Å². The summed E-state index contributed by atoms with van der Waals surface area (Å²) in [4.78, 5) is 9.00. The summed E-state index contributed by atoms with van der Waals surface area (Å²) in [5.74, 6) is -0.833. The fourth-order valence-electron chi connectivity index (χ4n) is 2.18. The second kappa shape index (κ2) is 10.9. The first-order valence-electron chi connectivity index (χ1n) is 7.33. The van der Waals surface area contributed by atoms with Gasteiger partial charge in [0.1, 0.15) is 0 Å². The van der Waals surface area contributed by atoms with E-state index in [1.807, 2.05) is 0 Å². The Hall–Kier alpha value is -1.75. The summed E-state index contributed by atoms with van der Waals surface area (Å²) in [5.41, 5.74) is 0. The normalized spacial score (nSPS) is 9.42. The first-order chi connectivity index (χ1) is 11.2. The van der Waals surface area contributed by atoms with Crippen molar-refractivity contribution in [1.82, 2.24) is 0 Å². The van der Waals surface area contributed by atoms with E-state index in [9.17, 15) is 0 Å². The number of carboxylic acid groups (broad SMARTS) is 1. The zero-order chi connectivity index (χ0) is 16.5. The molecule has 0 radical (unpaired) electrons. The summed E-state index contributed by atoms with van der Waals surface area (Å²) in [6.45, 7) is 1.08. The van der Waals surface area contributed by atoms with Crippen molar-refractivity contribution < 1.29 is 31.0 Å². The van der Waals surface area contributed by atoms with Crippen LogP contribution < -0.4 is 15.9 Å². The number of carbonyl (C=O) groups is 1. The van der Waals surface area contributed by atoms with Crippen LogP contribution in [0.25, 0.3) is 0 Å². The third kappa shape index (κ3) is 6.40. The van der Waals surface area contributed by atoms with E-state index in [2.05, 4.69) is 91.0 Å². The van der Waals surface area contributed by atoms with Crippen LogP contribution in [0.2, 0.25) is 0 Å². The fourth-order valence-corrected chi connectivity index (χ4v) is 4.48. The molecular weight excluding hydrogens is 498 g/mol. The number of hydrogen-bond acceptors (Lipinski definition) is 1. The Balaban J connectivity index is 0.000000522. The number of benzene rings is 3. The molecule has 0 atom stereocenters. The van der Waals surface area contributed by atoms with Crippen molar-refractivity contribution in [3.8, 4) is 0 Å². The van der Waals surface area contributed by atoms with Crippen LogP contribution in [0.1, 0.15) is 6.92 Å². The first-order valence-corrected chi connectivity index (χ1v) is 8.67. The summed E-state index contributed by atoms with van der Waals surface area (Å²) in [7, 11) is -0.446. The summed E-state index contributed by atoms with van der Waals surface area (Å²) in [5, 5.41) is 11.6. The second-order valence-corrected chi connectivity index (χ2v) is 7.08. The fraction of sp³-hybridized carbons (Fsp3) is 0.0500. The Kier molecular flexibility index (Phi) is 9.23. The van der Waals surface area contributed by atoms with E-state index in [1.54, 1.807) is 0 Å². The SMILES string of the molecule is CC(=O)O.[Pt].c1ccc(P(c2ccccc2)c2ccccc2)cc1. The number of aliphatic carboxylic acids is 1. The van der Waals surface area contributed by atoms with Gasteiger partial charge in [0.25, 0.3) is 5.97 Å². The molecule has 3 aromatic rings. The van der Waals surface area contributed by atoms with Crippen LogP contribution in [-0.4, -0.2) is 11.1 Å². The van der Waals surface area contributed by atoms with Gasteiger partial charge in [-0.15, -0.1) is 0 Å². The van der Waals surface area contributed by atoms with E-state index < -0.39 is 13.9 Å². The molecule has 0 spiro atoms. The maximum atomic E-state index is 9.00. The topological polar surface area (TPSA) is 37.3 Å². The van der Waals surface area contributed by atoms with Crippen LogP contribution >= 0.6 is 7.92 Å². The van der Waals surface area contributed by atoms with Crippen LogP contribution in [0.15, 0.2) is 91.0 Å². The van der Waals surface area contributed by atoms with Gasteiger partial charge in [-0.3, -0.25) is 4.79 Å². The van der Waals surface area contributed by atoms with E-state index in [1.165, 1.54) is 15.9 Å². The molecule has 0 fully saturated rings. The van der Waals surface area contributed by atoms with Gasteiger partial charge in [-0.05, 0) is 23.8 Å². The van der Waals surface area contributed by atoms with Crippen molar-refractivity contribution in [3.05, 3.63) is 91.0 Å². The second-order valence-electron chi connectivity index (χ2n) is 4.86. The van der Waals surface area contributed by atoms with E-state index in [0.717, 1.165) is 6.92 Å². The van der Waals surface area contributed by atoms with Crippen molar-refractivity contribution in [2.24, 2.45) is 0 Å². The minimum Gasteiger partial charge on any atom is -0.481 e. The monoisotopic (exact) mass is 517 g/mol. The molecule has 0 unspecified atom stereocenters. The molecule has 126 valence electrons. The zero-order valence-electron chi connectivity index (χ0n) is 13.3. The van der Waals surface area contributed by atoms with Gasteiger partial charge in [0.05, 0.1) is 0 Å².